The van der Waals surface area contributed by atoms with E-state index in [2.05, 4.69) is 25.9 Å². The van der Waals surface area contributed by atoms with Gasteiger partial charge in [0.25, 0.3) is 0 Å². The van der Waals surface area contributed by atoms with Crippen LogP contribution >= 0.6 is 15.9 Å². The van der Waals surface area contributed by atoms with Gasteiger partial charge in [-0.1, -0.05) is 28.1 Å². The van der Waals surface area contributed by atoms with Gasteiger partial charge < -0.3 is 9.72 Å². The molecule has 5 heteroatoms. The second-order valence-electron chi connectivity index (χ2n) is 4.94. The van der Waals surface area contributed by atoms with Gasteiger partial charge in [-0.2, -0.15) is 0 Å². The number of benzene rings is 1. The average molecular weight is 371 g/mol. The Morgan fingerprint density at radius 2 is 1.96 bits per heavy atom. The average Bonchev–Trinajstić information content (AvgIpc) is 3.01. The lowest BCUT2D eigenvalue weighted by atomic mass is 10.1. The second-order valence-corrected chi connectivity index (χ2v) is 5.85. The number of hydrogen-bond acceptors (Lipinski definition) is 3. The molecular weight excluding hydrogens is 356 g/mol. The fourth-order valence-electron chi connectivity index (χ4n) is 2.38. The SMILES string of the molecule is CCOC(=O)c1cc(-c2ccncc2)[nH]c1-c1cccc(Br)c1. The quantitative estimate of drug-likeness (QED) is 0.678. The van der Waals surface area contributed by atoms with E-state index in [0.29, 0.717) is 12.2 Å². The zero-order valence-electron chi connectivity index (χ0n) is 12.5. The molecule has 3 aromatic rings. The molecule has 0 unspecified atom stereocenters. The Morgan fingerprint density at radius 1 is 1.17 bits per heavy atom. The molecule has 1 aromatic carbocycles. The zero-order valence-corrected chi connectivity index (χ0v) is 14.1. The number of halogens is 1. The Balaban J connectivity index is 2.13. The Hall–Kier alpha value is -2.40. The molecule has 23 heavy (non-hydrogen) atoms. The first-order valence-electron chi connectivity index (χ1n) is 7.25. The van der Waals surface area contributed by atoms with Crippen LogP contribution in [0.25, 0.3) is 22.5 Å². The minimum absolute atomic E-state index is 0.334. The molecule has 116 valence electrons. The van der Waals surface area contributed by atoms with Crippen molar-refractivity contribution in [1.82, 2.24) is 9.97 Å². The highest BCUT2D eigenvalue weighted by Crippen LogP contribution is 2.30. The van der Waals surface area contributed by atoms with Crippen LogP contribution in [0, 0.1) is 0 Å². The van der Waals surface area contributed by atoms with Gasteiger partial charge >= 0.3 is 5.97 Å². The third-order valence-corrected chi connectivity index (χ3v) is 3.91. The van der Waals surface area contributed by atoms with Crippen molar-refractivity contribution in [3.63, 3.8) is 0 Å². The number of hydrogen-bond donors (Lipinski definition) is 1. The number of carbonyl (C=O) groups is 1. The Bertz CT molecular complexity index is 828. The van der Waals surface area contributed by atoms with Gasteiger partial charge in [0.15, 0.2) is 0 Å². The fraction of sp³-hybridized carbons (Fsp3) is 0.111. The van der Waals surface area contributed by atoms with Crippen molar-refractivity contribution in [3.8, 4) is 22.5 Å². The second kappa shape index (κ2) is 6.79. The van der Waals surface area contributed by atoms with Crippen LogP contribution in [0.4, 0.5) is 0 Å². The van der Waals surface area contributed by atoms with E-state index in [1.807, 2.05) is 42.5 Å². The minimum Gasteiger partial charge on any atom is -0.462 e. The number of aromatic amines is 1. The molecule has 0 spiro atoms. The number of rotatable bonds is 4. The molecule has 1 N–H and O–H groups in total. The lowest BCUT2D eigenvalue weighted by Crippen LogP contribution is -2.04. The van der Waals surface area contributed by atoms with Crippen LogP contribution < -0.4 is 0 Å². The molecule has 0 atom stereocenters. The van der Waals surface area contributed by atoms with Crippen molar-refractivity contribution in [1.29, 1.82) is 0 Å². The first kappa shape index (κ1) is 15.5. The topological polar surface area (TPSA) is 55.0 Å². The number of ether oxygens (including phenoxy) is 1. The van der Waals surface area contributed by atoms with Crippen LogP contribution in [0.1, 0.15) is 17.3 Å². The van der Waals surface area contributed by atoms with Gasteiger partial charge in [0.2, 0.25) is 0 Å². The molecule has 0 saturated heterocycles. The van der Waals surface area contributed by atoms with E-state index >= 15 is 0 Å². The highest BCUT2D eigenvalue weighted by Gasteiger charge is 2.18. The van der Waals surface area contributed by atoms with E-state index in [0.717, 1.165) is 27.0 Å². The van der Waals surface area contributed by atoms with Crippen molar-refractivity contribution in [2.75, 3.05) is 6.61 Å². The number of H-pyrrole nitrogens is 1. The molecule has 0 amide bonds. The maximum Gasteiger partial charge on any atom is 0.340 e. The van der Waals surface area contributed by atoms with E-state index in [1.165, 1.54) is 0 Å². The molecule has 0 fully saturated rings. The molecule has 0 saturated carbocycles. The van der Waals surface area contributed by atoms with Crippen molar-refractivity contribution in [2.45, 2.75) is 6.92 Å². The number of carbonyl (C=O) groups excluding carboxylic acids is 1. The summed E-state index contributed by atoms with van der Waals surface area (Å²) in [6, 6.07) is 13.4. The van der Waals surface area contributed by atoms with E-state index < -0.39 is 0 Å². The molecule has 2 heterocycles. The van der Waals surface area contributed by atoms with Crippen LogP contribution in [0.2, 0.25) is 0 Å². The maximum atomic E-state index is 12.3. The molecular formula is C18H15BrN2O2. The standard InChI is InChI=1S/C18H15BrN2O2/c1-2-23-18(22)15-11-16(12-6-8-20-9-7-12)21-17(15)13-4-3-5-14(19)10-13/h3-11,21H,2H2,1H3. The van der Waals surface area contributed by atoms with Gasteiger partial charge in [-0.25, -0.2) is 4.79 Å². The van der Waals surface area contributed by atoms with Gasteiger partial charge in [0.1, 0.15) is 0 Å². The van der Waals surface area contributed by atoms with Crippen molar-refractivity contribution < 1.29 is 9.53 Å². The summed E-state index contributed by atoms with van der Waals surface area (Å²) in [6.45, 7) is 2.14. The summed E-state index contributed by atoms with van der Waals surface area (Å²) in [5, 5.41) is 0. The largest absolute Gasteiger partial charge is 0.462 e. The molecule has 0 aliphatic heterocycles. The minimum atomic E-state index is -0.334. The summed E-state index contributed by atoms with van der Waals surface area (Å²) in [6.07, 6.45) is 3.44. The highest BCUT2D eigenvalue weighted by molar-refractivity contribution is 9.10. The molecule has 3 rings (SSSR count). The maximum absolute atomic E-state index is 12.3. The van der Waals surface area contributed by atoms with E-state index in [4.69, 9.17) is 4.74 Å². The lowest BCUT2D eigenvalue weighted by molar-refractivity contribution is 0.0527. The van der Waals surface area contributed by atoms with Crippen LogP contribution in [0.3, 0.4) is 0 Å². The predicted octanol–water partition coefficient (Wildman–Crippen LogP) is 4.68. The fourth-order valence-corrected chi connectivity index (χ4v) is 2.78. The number of aromatic nitrogens is 2. The Kier molecular flexibility index (Phi) is 4.57. The molecule has 2 aromatic heterocycles. The molecule has 0 radical (unpaired) electrons. The molecule has 0 bridgehead atoms. The third kappa shape index (κ3) is 3.35. The van der Waals surface area contributed by atoms with Crippen LogP contribution in [-0.4, -0.2) is 22.5 Å². The van der Waals surface area contributed by atoms with Crippen molar-refractivity contribution in [2.24, 2.45) is 0 Å². The number of pyridine rings is 1. The van der Waals surface area contributed by atoms with Gasteiger partial charge in [-0.05, 0) is 42.8 Å². The summed E-state index contributed by atoms with van der Waals surface area (Å²) in [7, 11) is 0. The highest BCUT2D eigenvalue weighted by atomic mass is 79.9. The number of esters is 1. The van der Waals surface area contributed by atoms with Gasteiger partial charge in [-0.3, -0.25) is 4.98 Å². The van der Waals surface area contributed by atoms with Crippen molar-refractivity contribution >= 4 is 21.9 Å². The summed E-state index contributed by atoms with van der Waals surface area (Å²) < 4.78 is 6.14. The number of nitrogens with one attached hydrogen (secondary N) is 1. The van der Waals surface area contributed by atoms with Gasteiger partial charge in [-0.15, -0.1) is 0 Å². The number of nitrogens with zero attached hydrogens (tertiary/aromatic N) is 1. The van der Waals surface area contributed by atoms with E-state index in [1.54, 1.807) is 19.3 Å². The van der Waals surface area contributed by atoms with Crippen molar-refractivity contribution in [3.05, 3.63) is 64.9 Å². The summed E-state index contributed by atoms with van der Waals surface area (Å²) in [5.74, 6) is -0.334. The predicted molar refractivity (Wildman–Crippen MR) is 93.1 cm³/mol. The summed E-state index contributed by atoms with van der Waals surface area (Å²) >= 11 is 3.47. The third-order valence-electron chi connectivity index (χ3n) is 3.42. The normalized spacial score (nSPS) is 10.5. The molecule has 4 nitrogen and oxygen atoms in total. The first-order chi connectivity index (χ1) is 11.2. The summed E-state index contributed by atoms with van der Waals surface area (Å²) in [5.41, 5.74) is 4.01. The summed E-state index contributed by atoms with van der Waals surface area (Å²) in [4.78, 5) is 19.7. The first-order valence-corrected chi connectivity index (χ1v) is 8.05. The van der Waals surface area contributed by atoms with Crippen LogP contribution in [0.5, 0.6) is 0 Å². The van der Waals surface area contributed by atoms with Gasteiger partial charge in [0, 0.05) is 28.1 Å². The van der Waals surface area contributed by atoms with E-state index in [-0.39, 0.29) is 5.97 Å². The van der Waals surface area contributed by atoms with Gasteiger partial charge in [0.05, 0.1) is 17.9 Å². The monoisotopic (exact) mass is 370 g/mol. The Labute approximate surface area is 142 Å². The van der Waals surface area contributed by atoms with E-state index in [9.17, 15) is 4.79 Å². The van der Waals surface area contributed by atoms with Crippen LogP contribution in [-0.2, 0) is 4.74 Å². The Morgan fingerprint density at radius 3 is 2.65 bits per heavy atom. The lowest BCUT2D eigenvalue weighted by Gasteiger charge is -2.04. The molecule has 0 aliphatic carbocycles. The van der Waals surface area contributed by atoms with Crippen LogP contribution in [0.15, 0.2) is 59.3 Å². The molecule has 0 aliphatic rings. The zero-order chi connectivity index (χ0) is 16.2. The smallest absolute Gasteiger partial charge is 0.340 e.